The van der Waals surface area contributed by atoms with E-state index in [2.05, 4.69) is 68.0 Å². The number of halogens is 1. The van der Waals surface area contributed by atoms with Crippen LogP contribution in [0, 0.1) is 6.92 Å². The van der Waals surface area contributed by atoms with Crippen LogP contribution in [0.15, 0.2) is 58.1 Å². The first-order valence-corrected chi connectivity index (χ1v) is 11.1. The lowest BCUT2D eigenvalue weighted by molar-refractivity contribution is 0.611. The second-order valence-electron chi connectivity index (χ2n) is 7.34. The van der Waals surface area contributed by atoms with Gasteiger partial charge in [0.15, 0.2) is 0 Å². The average molecular weight is 419 g/mol. The van der Waals surface area contributed by atoms with Gasteiger partial charge in [0.05, 0.1) is 17.1 Å². The Labute approximate surface area is 182 Å². The number of hydrogen-bond donors (Lipinski definition) is 1. The zero-order valence-electron chi connectivity index (χ0n) is 19.1. The summed E-state index contributed by atoms with van der Waals surface area (Å²) in [5.74, 6) is 0. The molecule has 0 amide bonds. The number of benzene rings is 1. The van der Waals surface area contributed by atoms with Gasteiger partial charge < -0.3 is 5.32 Å². The van der Waals surface area contributed by atoms with E-state index in [1.54, 1.807) is 7.05 Å². The molecule has 0 aromatic heterocycles. The number of aliphatic imine (C=N–C) groups is 1. The SMILES string of the molecule is C=C(/C=C(\C)NCCCCCCC)c1ccccc1C.CN=CC(SF)=C(C)C. The maximum Gasteiger partial charge on any atom is 0.0827 e. The fourth-order valence-corrected chi connectivity index (χ4v) is 2.98. The Bertz CT molecular complexity index is 686. The second-order valence-corrected chi connectivity index (χ2v) is 7.93. The van der Waals surface area contributed by atoms with Crippen molar-refractivity contribution in [3.8, 4) is 0 Å². The van der Waals surface area contributed by atoms with Crippen molar-refractivity contribution in [1.82, 2.24) is 5.32 Å². The summed E-state index contributed by atoms with van der Waals surface area (Å²) < 4.78 is 11.9. The standard InChI is InChI=1S/C19H29N.C6H10FNS/c1-5-6-7-8-11-14-20-18(4)15-17(3)19-13-10-9-12-16(19)2;1-5(2)6(9-7)4-8-3/h9-10,12-13,15,20H,3,5-8,11,14H2,1-2,4H3;4H,1-3H3/b18-15+;. The third-order valence-corrected chi connectivity index (χ3v) is 5.07. The van der Waals surface area contributed by atoms with Crippen LogP contribution in [-0.2, 0) is 0 Å². The first kappa shape index (κ1) is 27.2. The summed E-state index contributed by atoms with van der Waals surface area (Å²) in [6.07, 6.45) is 10.3. The molecule has 0 aliphatic rings. The van der Waals surface area contributed by atoms with E-state index in [1.807, 2.05) is 13.8 Å². The van der Waals surface area contributed by atoms with Gasteiger partial charge in [0.25, 0.3) is 0 Å². The van der Waals surface area contributed by atoms with Crippen LogP contribution < -0.4 is 5.32 Å². The Balaban J connectivity index is 0.000000734. The zero-order valence-corrected chi connectivity index (χ0v) is 20.0. The molecule has 2 nitrogen and oxygen atoms in total. The van der Waals surface area contributed by atoms with Crippen LogP contribution in [0.25, 0.3) is 5.57 Å². The molecule has 0 aliphatic heterocycles. The van der Waals surface area contributed by atoms with Crippen molar-refractivity contribution in [2.75, 3.05) is 13.6 Å². The topological polar surface area (TPSA) is 24.4 Å². The number of hydrogen-bond acceptors (Lipinski definition) is 3. The minimum atomic E-state index is 0.233. The molecule has 0 unspecified atom stereocenters. The molecule has 0 aliphatic carbocycles. The lowest BCUT2D eigenvalue weighted by Crippen LogP contribution is -2.12. The van der Waals surface area contributed by atoms with Gasteiger partial charge in [-0.05, 0) is 56.9 Å². The number of rotatable bonds is 11. The van der Waals surface area contributed by atoms with Gasteiger partial charge in [0.2, 0.25) is 0 Å². The summed E-state index contributed by atoms with van der Waals surface area (Å²) in [5.41, 5.74) is 5.75. The summed E-state index contributed by atoms with van der Waals surface area (Å²) in [7, 11) is 1.62. The van der Waals surface area contributed by atoms with E-state index in [1.165, 1.54) is 55.1 Å². The fraction of sp³-hybridized carbons (Fsp3) is 0.480. The molecular weight excluding hydrogens is 379 g/mol. The highest BCUT2D eigenvalue weighted by Gasteiger charge is 2.00. The van der Waals surface area contributed by atoms with E-state index in [0.29, 0.717) is 4.91 Å². The number of allylic oxidation sites excluding steroid dienone is 5. The van der Waals surface area contributed by atoms with E-state index in [-0.39, 0.29) is 12.1 Å². The second kappa shape index (κ2) is 17.1. The minimum Gasteiger partial charge on any atom is -0.389 e. The van der Waals surface area contributed by atoms with Gasteiger partial charge in [0.1, 0.15) is 0 Å². The molecule has 0 fully saturated rings. The Morgan fingerprint density at radius 1 is 1.14 bits per heavy atom. The largest absolute Gasteiger partial charge is 0.389 e. The molecule has 1 rings (SSSR count). The van der Waals surface area contributed by atoms with Crippen LogP contribution in [-0.4, -0.2) is 19.8 Å². The molecule has 1 N–H and O–H groups in total. The molecule has 29 heavy (non-hydrogen) atoms. The number of unbranched alkanes of at least 4 members (excludes halogenated alkanes) is 4. The van der Waals surface area contributed by atoms with Crippen LogP contribution in [0.4, 0.5) is 3.89 Å². The van der Waals surface area contributed by atoms with Crippen LogP contribution in [0.1, 0.15) is 70.9 Å². The van der Waals surface area contributed by atoms with Crippen molar-refractivity contribution in [2.45, 2.75) is 66.7 Å². The monoisotopic (exact) mass is 418 g/mol. The Hall–Kier alpha value is -1.81. The summed E-state index contributed by atoms with van der Waals surface area (Å²) in [6, 6.07) is 8.39. The molecule has 0 spiro atoms. The van der Waals surface area contributed by atoms with Crippen molar-refractivity contribution < 1.29 is 3.89 Å². The van der Waals surface area contributed by atoms with E-state index >= 15 is 0 Å². The minimum absolute atomic E-state index is 0.233. The molecule has 1 aromatic rings. The molecule has 0 atom stereocenters. The van der Waals surface area contributed by atoms with Crippen LogP contribution >= 0.6 is 12.1 Å². The third-order valence-electron chi connectivity index (χ3n) is 4.39. The van der Waals surface area contributed by atoms with Crippen molar-refractivity contribution in [3.63, 3.8) is 0 Å². The highest BCUT2D eigenvalue weighted by Crippen LogP contribution is 2.19. The molecule has 1 aromatic carbocycles. The molecule has 4 heteroatoms. The predicted molar refractivity (Wildman–Crippen MR) is 132 cm³/mol. The van der Waals surface area contributed by atoms with E-state index in [4.69, 9.17) is 0 Å². The number of nitrogens with zero attached hydrogens (tertiary/aromatic N) is 1. The zero-order chi connectivity index (χ0) is 22.1. The van der Waals surface area contributed by atoms with Gasteiger partial charge in [0, 0.05) is 25.5 Å². The normalized spacial score (nSPS) is 11.1. The van der Waals surface area contributed by atoms with Gasteiger partial charge in [-0.25, -0.2) is 0 Å². The Kier molecular flexibility index (Phi) is 16.0. The van der Waals surface area contributed by atoms with Gasteiger partial charge in [-0.3, -0.25) is 4.99 Å². The van der Waals surface area contributed by atoms with Gasteiger partial charge in [-0.1, -0.05) is 69.0 Å². The van der Waals surface area contributed by atoms with Gasteiger partial charge in [-0.15, -0.1) is 0 Å². The molecule has 162 valence electrons. The lowest BCUT2D eigenvalue weighted by atomic mass is 10.0. The molecule has 0 heterocycles. The van der Waals surface area contributed by atoms with Crippen LogP contribution in [0.3, 0.4) is 0 Å². The molecule has 0 bridgehead atoms. The highest BCUT2D eigenvalue weighted by atomic mass is 32.2. The molecule has 0 radical (unpaired) electrons. The Morgan fingerprint density at radius 2 is 1.79 bits per heavy atom. The maximum absolute atomic E-state index is 11.9. The van der Waals surface area contributed by atoms with Crippen LogP contribution in [0.5, 0.6) is 0 Å². The first-order chi connectivity index (χ1) is 13.9. The summed E-state index contributed by atoms with van der Waals surface area (Å²) in [4.78, 5) is 4.28. The average Bonchev–Trinajstić information content (AvgIpc) is 2.69. The fourth-order valence-electron chi connectivity index (χ4n) is 2.68. The smallest absolute Gasteiger partial charge is 0.0827 e. The molecular formula is C25H39FN2S. The van der Waals surface area contributed by atoms with Crippen molar-refractivity contribution >= 4 is 23.9 Å². The van der Waals surface area contributed by atoms with E-state index in [9.17, 15) is 3.89 Å². The Morgan fingerprint density at radius 3 is 2.31 bits per heavy atom. The molecule has 0 saturated carbocycles. The van der Waals surface area contributed by atoms with Crippen LogP contribution in [0.2, 0.25) is 0 Å². The maximum atomic E-state index is 11.9. The third kappa shape index (κ3) is 13.1. The number of aryl methyl sites for hydroxylation is 1. The highest BCUT2D eigenvalue weighted by molar-refractivity contribution is 7.99. The quantitative estimate of drug-likeness (QED) is 0.223. The van der Waals surface area contributed by atoms with Crippen molar-refractivity contribution in [3.05, 3.63) is 64.2 Å². The van der Waals surface area contributed by atoms with E-state index in [0.717, 1.165) is 17.7 Å². The van der Waals surface area contributed by atoms with Gasteiger partial charge >= 0.3 is 0 Å². The number of nitrogens with one attached hydrogen (secondary N) is 1. The van der Waals surface area contributed by atoms with Crippen molar-refractivity contribution in [1.29, 1.82) is 0 Å². The summed E-state index contributed by atoms with van der Waals surface area (Å²) in [5, 5.41) is 3.48. The summed E-state index contributed by atoms with van der Waals surface area (Å²) >= 11 is 0.233. The van der Waals surface area contributed by atoms with E-state index < -0.39 is 0 Å². The lowest BCUT2D eigenvalue weighted by Gasteiger charge is -2.09. The summed E-state index contributed by atoms with van der Waals surface area (Å²) in [6.45, 7) is 15.4. The first-order valence-electron chi connectivity index (χ1n) is 10.4. The predicted octanol–water partition coefficient (Wildman–Crippen LogP) is 8.07. The molecule has 0 saturated heterocycles. The van der Waals surface area contributed by atoms with Crippen molar-refractivity contribution in [2.24, 2.45) is 4.99 Å². The van der Waals surface area contributed by atoms with Gasteiger partial charge in [-0.2, -0.15) is 3.89 Å².